The molecule has 2 unspecified atom stereocenters. The molecule has 1 aromatic carbocycles. The highest BCUT2D eigenvalue weighted by Gasteiger charge is 2.34. The highest BCUT2D eigenvalue weighted by Crippen LogP contribution is 2.30. The van der Waals surface area contributed by atoms with Gasteiger partial charge in [-0.1, -0.05) is 6.07 Å². The first-order valence-electron chi connectivity index (χ1n) is 6.89. The first kappa shape index (κ1) is 15.9. The molecular weight excluding hydrogens is 323 g/mol. The minimum atomic E-state index is -0.250. The van der Waals surface area contributed by atoms with Gasteiger partial charge in [0.25, 0.3) is 0 Å². The van der Waals surface area contributed by atoms with Gasteiger partial charge in [-0.3, -0.25) is 4.90 Å². The zero-order valence-corrected chi connectivity index (χ0v) is 13.8. The van der Waals surface area contributed by atoms with Crippen LogP contribution in [0.4, 0.5) is 4.39 Å². The number of hydrogen-bond donors (Lipinski definition) is 1. The van der Waals surface area contributed by atoms with E-state index in [9.17, 15) is 4.39 Å². The van der Waals surface area contributed by atoms with E-state index in [1.807, 2.05) is 12.1 Å². The molecule has 1 heterocycles. The van der Waals surface area contributed by atoms with Crippen molar-refractivity contribution in [3.63, 3.8) is 0 Å². The second-order valence-corrected chi connectivity index (χ2v) is 6.90. The number of rotatable bonds is 3. The van der Waals surface area contributed by atoms with Gasteiger partial charge in [-0.15, -0.1) is 0 Å². The molecule has 2 rings (SSSR count). The molecule has 2 N–H and O–H groups in total. The van der Waals surface area contributed by atoms with Crippen LogP contribution < -0.4 is 5.73 Å². The number of hydrogen-bond acceptors (Lipinski definition) is 3. The SMILES string of the molecule is CC1CN(C(CN)c2ccc(F)c(Br)c2)CC(C)(C)O1. The largest absolute Gasteiger partial charge is 0.370 e. The summed E-state index contributed by atoms with van der Waals surface area (Å²) in [4.78, 5) is 2.33. The van der Waals surface area contributed by atoms with Crippen LogP contribution in [0.2, 0.25) is 0 Å². The summed E-state index contributed by atoms with van der Waals surface area (Å²) in [6.45, 7) is 8.39. The lowest BCUT2D eigenvalue weighted by molar-refractivity contribution is -0.137. The Hall–Kier alpha value is -0.490. The fraction of sp³-hybridized carbons (Fsp3) is 0.600. The molecule has 0 radical (unpaired) electrons. The normalized spacial score (nSPS) is 24.6. The smallest absolute Gasteiger partial charge is 0.137 e. The van der Waals surface area contributed by atoms with E-state index in [0.29, 0.717) is 11.0 Å². The molecule has 1 fully saturated rings. The van der Waals surface area contributed by atoms with Gasteiger partial charge in [0.1, 0.15) is 5.82 Å². The fourth-order valence-electron chi connectivity index (χ4n) is 2.96. The lowest BCUT2D eigenvalue weighted by Gasteiger charge is -2.45. The molecular formula is C15H22BrFN2O. The van der Waals surface area contributed by atoms with Crippen LogP contribution in [0.25, 0.3) is 0 Å². The Morgan fingerprint density at radius 3 is 2.80 bits per heavy atom. The first-order chi connectivity index (χ1) is 9.32. The van der Waals surface area contributed by atoms with Crippen LogP contribution in [0.5, 0.6) is 0 Å². The number of nitrogens with two attached hydrogens (primary N) is 1. The highest BCUT2D eigenvalue weighted by molar-refractivity contribution is 9.10. The third-order valence-electron chi connectivity index (χ3n) is 3.59. The number of ether oxygens (including phenoxy) is 1. The third-order valence-corrected chi connectivity index (χ3v) is 4.20. The summed E-state index contributed by atoms with van der Waals surface area (Å²) in [6, 6.07) is 5.19. The van der Waals surface area contributed by atoms with E-state index in [4.69, 9.17) is 10.5 Å². The van der Waals surface area contributed by atoms with Crippen molar-refractivity contribution in [2.75, 3.05) is 19.6 Å². The zero-order valence-electron chi connectivity index (χ0n) is 12.2. The van der Waals surface area contributed by atoms with Crippen molar-refractivity contribution in [1.29, 1.82) is 0 Å². The lowest BCUT2D eigenvalue weighted by Crippen LogP contribution is -2.53. The lowest BCUT2D eigenvalue weighted by atomic mass is 9.99. The van der Waals surface area contributed by atoms with E-state index >= 15 is 0 Å². The maximum Gasteiger partial charge on any atom is 0.137 e. The van der Waals surface area contributed by atoms with Crippen molar-refractivity contribution in [2.24, 2.45) is 5.73 Å². The van der Waals surface area contributed by atoms with Crippen LogP contribution in [0.15, 0.2) is 22.7 Å². The summed E-state index contributed by atoms with van der Waals surface area (Å²) in [5, 5.41) is 0. The molecule has 5 heteroatoms. The average molecular weight is 345 g/mol. The summed E-state index contributed by atoms with van der Waals surface area (Å²) in [7, 11) is 0. The van der Waals surface area contributed by atoms with Crippen molar-refractivity contribution in [2.45, 2.75) is 38.5 Å². The van der Waals surface area contributed by atoms with E-state index in [1.54, 1.807) is 0 Å². The molecule has 0 bridgehead atoms. The molecule has 20 heavy (non-hydrogen) atoms. The van der Waals surface area contributed by atoms with Crippen molar-refractivity contribution in [1.82, 2.24) is 4.90 Å². The number of halogens is 2. The molecule has 0 amide bonds. The topological polar surface area (TPSA) is 38.5 Å². The Balaban J connectivity index is 2.25. The van der Waals surface area contributed by atoms with E-state index in [-0.39, 0.29) is 23.6 Å². The minimum Gasteiger partial charge on any atom is -0.370 e. The zero-order chi connectivity index (χ0) is 14.9. The Labute approximate surface area is 128 Å². The molecule has 1 saturated heterocycles. The van der Waals surface area contributed by atoms with Crippen LogP contribution in [0.3, 0.4) is 0 Å². The molecule has 3 nitrogen and oxygen atoms in total. The van der Waals surface area contributed by atoms with Crippen LogP contribution in [-0.4, -0.2) is 36.2 Å². The maximum atomic E-state index is 13.4. The molecule has 1 aliphatic heterocycles. The van der Waals surface area contributed by atoms with Gasteiger partial charge in [0.15, 0.2) is 0 Å². The van der Waals surface area contributed by atoms with Gasteiger partial charge in [-0.05, 0) is 54.4 Å². The van der Waals surface area contributed by atoms with Gasteiger partial charge in [-0.25, -0.2) is 4.39 Å². The summed E-state index contributed by atoms with van der Waals surface area (Å²) in [5.41, 5.74) is 6.81. The number of benzene rings is 1. The Kier molecular flexibility index (Phi) is 4.84. The van der Waals surface area contributed by atoms with E-state index < -0.39 is 0 Å². The minimum absolute atomic E-state index is 0.0810. The molecule has 0 saturated carbocycles. The summed E-state index contributed by atoms with van der Waals surface area (Å²) in [6.07, 6.45) is 0.164. The van der Waals surface area contributed by atoms with Crippen molar-refractivity contribution in [3.05, 3.63) is 34.1 Å². The van der Waals surface area contributed by atoms with Crippen molar-refractivity contribution < 1.29 is 9.13 Å². The standard InChI is InChI=1S/C15H22BrFN2O/c1-10-8-19(9-15(2,3)20-10)14(7-18)11-4-5-13(17)12(16)6-11/h4-6,10,14H,7-9,18H2,1-3H3. The highest BCUT2D eigenvalue weighted by atomic mass is 79.9. The molecule has 1 aliphatic rings. The second-order valence-electron chi connectivity index (χ2n) is 6.04. The second kappa shape index (κ2) is 6.10. The molecule has 1 aromatic rings. The third kappa shape index (κ3) is 3.58. The van der Waals surface area contributed by atoms with Gasteiger partial charge in [-0.2, -0.15) is 0 Å². The predicted molar refractivity (Wildman–Crippen MR) is 82.1 cm³/mol. The molecule has 0 aliphatic carbocycles. The quantitative estimate of drug-likeness (QED) is 0.915. The monoisotopic (exact) mass is 344 g/mol. The Morgan fingerprint density at radius 1 is 1.55 bits per heavy atom. The fourth-order valence-corrected chi connectivity index (χ4v) is 3.35. The van der Waals surface area contributed by atoms with E-state index in [1.165, 1.54) is 6.07 Å². The number of nitrogens with zero attached hydrogens (tertiary/aromatic N) is 1. The summed E-state index contributed by atoms with van der Waals surface area (Å²) >= 11 is 3.24. The summed E-state index contributed by atoms with van der Waals surface area (Å²) < 4.78 is 19.8. The Bertz CT molecular complexity index is 481. The first-order valence-corrected chi connectivity index (χ1v) is 7.68. The molecule has 2 atom stereocenters. The van der Waals surface area contributed by atoms with Crippen LogP contribution >= 0.6 is 15.9 Å². The van der Waals surface area contributed by atoms with Gasteiger partial charge in [0.2, 0.25) is 0 Å². The van der Waals surface area contributed by atoms with Crippen LogP contribution in [0, 0.1) is 5.82 Å². The average Bonchev–Trinajstić information content (AvgIpc) is 2.32. The van der Waals surface area contributed by atoms with Gasteiger partial charge in [0, 0.05) is 25.7 Å². The number of morpholine rings is 1. The van der Waals surface area contributed by atoms with E-state index in [0.717, 1.165) is 18.7 Å². The van der Waals surface area contributed by atoms with Gasteiger partial charge < -0.3 is 10.5 Å². The van der Waals surface area contributed by atoms with Crippen LogP contribution in [-0.2, 0) is 4.74 Å². The van der Waals surface area contributed by atoms with Crippen molar-refractivity contribution >= 4 is 15.9 Å². The maximum absolute atomic E-state index is 13.4. The predicted octanol–water partition coefficient (Wildman–Crippen LogP) is 3.09. The van der Waals surface area contributed by atoms with Gasteiger partial charge in [0.05, 0.1) is 16.2 Å². The molecule has 112 valence electrons. The Morgan fingerprint density at radius 2 is 2.25 bits per heavy atom. The molecule has 0 aromatic heterocycles. The van der Waals surface area contributed by atoms with E-state index in [2.05, 4.69) is 41.6 Å². The van der Waals surface area contributed by atoms with Crippen molar-refractivity contribution in [3.8, 4) is 0 Å². The molecule has 0 spiro atoms. The van der Waals surface area contributed by atoms with Crippen LogP contribution in [0.1, 0.15) is 32.4 Å². The van der Waals surface area contributed by atoms with Gasteiger partial charge >= 0.3 is 0 Å². The summed E-state index contributed by atoms with van der Waals surface area (Å²) in [5.74, 6) is -0.250.